The van der Waals surface area contributed by atoms with Gasteiger partial charge >= 0.3 is 0 Å². The van der Waals surface area contributed by atoms with Crippen molar-refractivity contribution in [2.24, 2.45) is 0 Å². The first-order chi connectivity index (χ1) is 12.6. The van der Waals surface area contributed by atoms with Crippen molar-refractivity contribution in [1.29, 1.82) is 0 Å². The van der Waals surface area contributed by atoms with Gasteiger partial charge in [0.1, 0.15) is 5.75 Å². The summed E-state index contributed by atoms with van der Waals surface area (Å²) >= 11 is 5.97. The van der Waals surface area contributed by atoms with E-state index in [2.05, 4.69) is 10.4 Å². The van der Waals surface area contributed by atoms with Gasteiger partial charge in [0.05, 0.1) is 11.4 Å². The number of nitrogens with one attached hydrogen (secondary N) is 1. The van der Waals surface area contributed by atoms with E-state index in [0.717, 1.165) is 16.9 Å². The summed E-state index contributed by atoms with van der Waals surface area (Å²) in [5, 5.41) is 8.03. The summed E-state index contributed by atoms with van der Waals surface area (Å²) in [5.41, 5.74) is 2.84. The predicted octanol–water partition coefficient (Wildman–Crippen LogP) is 3.57. The van der Waals surface area contributed by atoms with Crippen molar-refractivity contribution in [3.8, 4) is 11.4 Å². The molecule has 0 spiro atoms. The highest BCUT2D eigenvalue weighted by Gasteiger charge is 2.05. The van der Waals surface area contributed by atoms with Crippen molar-refractivity contribution >= 4 is 17.5 Å². The zero-order valence-electron chi connectivity index (χ0n) is 14.5. The van der Waals surface area contributed by atoms with Crippen LogP contribution in [0, 0.1) is 6.92 Å². The molecule has 3 aromatic rings. The van der Waals surface area contributed by atoms with Crippen LogP contribution < -0.4 is 10.1 Å². The summed E-state index contributed by atoms with van der Waals surface area (Å²) in [5.74, 6) is 0.462. The number of aryl methyl sites for hydroxylation is 1. The molecule has 26 heavy (non-hydrogen) atoms. The third-order valence-corrected chi connectivity index (χ3v) is 4.29. The summed E-state index contributed by atoms with van der Waals surface area (Å²) in [7, 11) is 0. The molecule has 134 valence electrons. The molecular weight excluding hydrogens is 350 g/mol. The first kappa shape index (κ1) is 18.0. The smallest absolute Gasteiger partial charge is 0.257 e. The number of carbonyl (C=O) groups excluding carboxylic acids is 1. The Bertz CT molecular complexity index is 878. The average molecular weight is 370 g/mol. The number of rotatable bonds is 7. The van der Waals surface area contributed by atoms with Crippen LogP contribution in [0.2, 0.25) is 5.02 Å². The van der Waals surface area contributed by atoms with E-state index in [1.807, 2.05) is 60.3 Å². The number of para-hydroxylation sites is 1. The van der Waals surface area contributed by atoms with E-state index in [4.69, 9.17) is 16.3 Å². The van der Waals surface area contributed by atoms with E-state index in [-0.39, 0.29) is 12.5 Å². The number of aromatic nitrogens is 2. The second-order valence-corrected chi connectivity index (χ2v) is 6.29. The molecule has 0 aliphatic rings. The molecule has 0 aliphatic heterocycles. The maximum atomic E-state index is 11.9. The molecule has 1 heterocycles. The van der Waals surface area contributed by atoms with Crippen LogP contribution in [0.5, 0.6) is 5.75 Å². The largest absolute Gasteiger partial charge is 0.484 e. The van der Waals surface area contributed by atoms with Crippen LogP contribution in [-0.4, -0.2) is 28.8 Å². The van der Waals surface area contributed by atoms with Crippen molar-refractivity contribution in [3.05, 3.63) is 77.1 Å². The number of ether oxygens (including phenoxy) is 1. The molecule has 1 aromatic heterocycles. The molecule has 0 fully saturated rings. The first-order valence-electron chi connectivity index (χ1n) is 8.37. The minimum absolute atomic E-state index is 0.0282. The Kier molecular flexibility index (Phi) is 5.92. The maximum absolute atomic E-state index is 11.9. The van der Waals surface area contributed by atoms with Gasteiger partial charge in [0, 0.05) is 24.2 Å². The van der Waals surface area contributed by atoms with E-state index in [1.165, 1.54) is 0 Å². The quantitative estimate of drug-likeness (QED) is 0.692. The number of hydrogen-bond donors (Lipinski definition) is 1. The van der Waals surface area contributed by atoms with Gasteiger partial charge in [0.15, 0.2) is 6.61 Å². The average Bonchev–Trinajstić information content (AvgIpc) is 3.12. The molecule has 0 bridgehead atoms. The van der Waals surface area contributed by atoms with Gasteiger partial charge in [-0.25, -0.2) is 4.68 Å². The number of benzene rings is 2. The molecule has 0 saturated carbocycles. The minimum atomic E-state index is -0.167. The third kappa shape index (κ3) is 4.86. The topological polar surface area (TPSA) is 56.1 Å². The van der Waals surface area contributed by atoms with E-state index in [9.17, 15) is 4.79 Å². The van der Waals surface area contributed by atoms with Gasteiger partial charge in [-0.3, -0.25) is 4.79 Å². The van der Waals surface area contributed by atoms with E-state index >= 15 is 0 Å². The molecule has 1 amide bonds. The fourth-order valence-corrected chi connectivity index (χ4v) is 2.57. The highest BCUT2D eigenvalue weighted by molar-refractivity contribution is 6.31. The van der Waals surface area contributed by atoms with Gasteiger partial charge in [-0.15, -0.1) is 0 Å². The highest BCUT2D eigenvalue weighted by atomic mass is 35.5. The lowest BCUT2D eigenvalue weighted by Gasteiger charge is -2.08. The number of carbonyl (C=O) groups is 1. The minimum Gasteiger partial charge on any atom is -0.484 e. The highest BCUT2D eigenvalue weighted by Crippen LogP contribution is 2.20. The van der Waals surface area contributed by atoms with Crippen molar-refractivity contribution in [3.63, 3.8) is 0 Å². The van der Waals surface area contributed by atoms with Gasteiger partial charge in [-0.2, -0.15) is 5.10 Å². The molecule has 0 aliphatic carbocycles. The van der Waals surface area contributed by atoms with Crippen LogP contribution in [0.3, 0.4) is 0 Å². The summed E-state index contributed by atoms with van der Waals surface area (Å²) in [6.07, 6.45) is 2.57. The molecule has 1 N–H and O–H groups in total. The fourth-order valence-electron chi connectivity index (χ4n) is 2.46. The van der Waals surface area contributed by atoms with Crippen LogP contribution in [0.15, 0.2) is 60.8 Å². The van der Waals surface area contributed by atoms with Gasteiger partial charge in [0.25, 0.3) is 5.91 Å². The van der Waals surface area contributed by atoms with Crippen LogP contribution in [0.1, 0.15) is 11.3 Å². The zero-order chi connectivity index (χ0) is 18.4. The molecular formula is C20H20ClN3O2. The SMILES string of the molecule is Cc1cc(OCC(=O)NCCc2ccn(-c3ccccc3)n2)ccc1Cl. The normalized spacial score (nSPS) is 10.5. The standard InChI is InChI=1S/C20H20ClN3O2/c1-15-13-18(7-8-19(15)21)26-14-20(25)22-11-9-16-10-12-24(23-16)17-5-3-2-4-6-17/h2-8,10,12-13H,9,11,14H2,1H3,(H,22,25). The number of amides is 1. The predicted molar refractivity (Wildman–Crippen MR) is 102 cm³/mol. The Labute approximate surface area is 157 Å². The fraction of sp³-hybridized carbons (Fsp3) is 0.200. The van der Waals surface area contributed by atoms with Gasteiger partial charge in [-0.05, 0) is 48.9 Å². The van der Waals surface area contributed by atoms with Crippen LogP contribution in [0.4, 0.5) is 0 Å². The Morgan fingerprint density at radius 3 is 2.77 bits per heavy atom. The molecule has 0 unspecified atom stereocenters. The van der Waals surface area contributed by atoms with Crippen molar-refractivity contribution in [2.75, 3.05) is 13.2 Å². The Morgan fingerprint density at radius 2 is 2.00 bits per heavy atom. The third-order valence-electron chi connectivity index (χ3n) is 3.87. The van der Waals surface area contributed by atoms with E-state index < -0.39 is 0 Å². The Balaban J connectivity index is 1.42. The van der Waals surface area contributed by atoms with Crippen molar-refractivity contribution in [2.45, 2.75) is 13.3 Å². The number of nitrogens with zero attached hydrogens (tertiary/aromatic N) is 2. The summed E-state index contributed by atoms with van der Waals surface area (Å²) in [6, 6.07) is 17.2. The second-order valence-electron chi connectivity index (χ2n) is 5.89. The molecule has 0 atom stereocenters. The van der Waals surface area contributed by atoms with E-state index in [1.54, 1.807) is 12.1 Å². The lowest BCUT2D eigenvalue weighted by molar-refractivity contribution is -0.123. The van der Waals surface area contributed by atoms with Crippen molar-refractivity contribution in [1.82, 2.24) is 15.1 Å². The molecule has 6 heteroatoms. The maximum Gasteiger partial charge on any atom is 0.257 e. The number of halogens is 1. The Hall–Kier alpha value is -2.79. The first-order valence-corrected chi connectivity index (χ1v) is 8.75. The van der Waals surface area contributed by atoms with Gasteiger partial charge in [-0.1, -0.05) is 29.8 Å². The molecule has 0 saturated heterocycles. The zero-order valence-corrected chi connectivity index (χ0v) is 15.2. The number of hydrogen-bond acceptors (Lipinski definition) is 3. The lowest BCUT2D eigenvalue weighted by atomic mass is 10.2. The lowest BCUT2D eigenvalue weighted by Crippen LogP contribution is -2.30. The van der Waals surface area contributed by atoms with Gasteiger partial charge in [0.2, 0.25) is 0 Å². The summed E-state index contributed by atoms with van der Waals surface area (Å²) in [6.45, 7) is 2.37. The monoisotopic (exact) mass is 369 g/mol. The Morgan fingerprint density at radius 1 is 1.19 bits per heavy atom. The van der Waals surface area contributed by atoms with Crippen LogP contribution >= 0.6 is 11.6 Å². The molecule has 0 radical (unpaired) electrons. The van der Waals surface area contributed by atoms with Crippen LogP contribution in [0.25, 0.3) is 5.69 Å². The summed E-state index contributed by atoms with van der Waals surface area (Å²) in [4.78, 5) is 11.9. The van der Waals surface area contributed by atoms with E-state index in [0.29, 0.717) is 23.7 Å². The molecule has 3 rings (SSSR count). The van der Waals surface area contributed by atoms with Crippen LogP contribution in [-0.2, 0) is 11.2 Å². The molecule has 5 nitrogen and oxygen atoms in total. The van der Waals surface area contributed by atoms with Gasteiger partial charge < -0.3 is 10.1 Å². The molecule has 2 aromatic carbocycles. The summed E-state index contributed by atoms with van der Waals surface area (Å²) < 4.78 is 7.30. The van der Waals surface area contributed by atoms with Crippen molar-refractivity contribution < 1.29 is 9.53 Å². The second kappa shape index (κ2) is 8.54.